The lowest BCUT2D eigenvalue weighted by Crippen LogP contribution is -2.32. The second-order valence-electron chi connectivity index (χ2n) is 8.35. The lowest BCUT2D eigenvalue weighted by molar-refractivity contribution is 0.167. The number of rotatable bonds is 10. The van der Waals surface area contributed by atoms with E-state index in [0.717, 1.165) is 23.8 Å². The summed E-state index contributed by atoms with van der Waals surface area (Å²) in [6, 6.07) is 20.4. The van der Waals surface area contributed by atoms with Gasteiger partial charge >= 0.3 is 0 Å². The van der Waals surface area contributed by atoms with Crippen LogP contribution < -0.4 is 19.5 Å². The Morgan fingerprint density at radius 3 is 2.47 bits per heavy atom. The fourth-order valence-electron chi connectivity index (χ4n) is 3.90. The first kappa shape index (κ1) is 23.9. The first-order chi connectivity index (χ1) is 16.3. The summed E-state index contributed by atoms with van der Waals surface area (Å²) in [6.07, 6.45) is 1.28. The number of phenols is 1. The number of fused-ring (bicyclic) bond motifs is 1. The van der Waals surface area contributed by atoms with Crippen molar-refractivity contribution in [3.05, 3.63) is 83.4 Å². The molecule has 0 aromatic heterocycles. The molecule has 0 saturated carbocycles. The summed E-state index contributed by atoms with van der Waals surface area (Å²) in [5.41, 5.74) is 2.95. The van der Waals surface area contributed by atoms with Gasteiger partial charge < -0.3 is 25.0 Å². The van der Waals surface area contributed by atoms with Crippen LogP contribution >= 0.6 is 0 Å². The number of aliphatic hydroxyl groups excluding tert-OH is 1. The van der Waals surface area contributed by atoms with Gasteiger partial charge in [-0.25, -0.2) is 8.42 Å². The molecule has 0 aliphatic carbocycles. The number of ether oxygens (including phenoxy) is 2. The van der Waals surface area contributed by atoms with Crippen molar-refractivity contribution in [2.75, 3.05) is 24.3 Å². The smallest absolute Gasteiger partial charge is 0.231 e. The molecule has 3 aromatic rings. The van der Waals surface area contributed by atoms with E-state index in [9.17, 15) is 18.6 Å². The Bertz CT molecular complexity index is 1230. The van der Waals surface area contributed by atoms with Crippen LogP contribution in [0.1, 0.15) is 22.7 Å². The van der Waals surface area contributed by atoms with Crippen LogP contribution in [0.25, 0.3) is 0 Å². The average molecular weight is 485 g/mol. The third-order valence-electron chi connectivity index (χ3n) is 5.51. The number of sulfonamides is 1. The fourth-order valence-corrected chi connectivity index (χ4v) is 4.46. The molecule has 0 radical (unpaired) electrons. The first-order valence-electron chi connectivity index (χ1n) is 10.9. The van der Waals surface area contributed by atoms with E-state index in [4.69, 9.17) is 9.47 Å². The lowest BCUT2D eigenvalue weighted by Gasteiger charge is -2.22. The van der Waals surface area contributed by atoms with Crippen LogP contribution in [0.5, 0.6) is 17.2 Å². The number of aromatic hydroxyl groups is 1. The van der Waals surface area contributed by atoms with Crippen LogP contribution in [0.4, 0.5) is 5.69 Å². The Morgan fingerprint density at radius 1 is 0.941 bits per heavy atom. The molecule has 2 atom stereocenters. The first-order valence-corrected chi connectivity index (χ1v) is 12.8. The lowest BCUT2D eigenvalue weighted by atomic mass is 9.98. The van der Waals surface area contributed by atoms with E-state index in [1.807, 2.05) is 36.4 Å². The van der Waals surface area contributed by atoms with Gasteiger partial charge in [0.15, 0.2) is 11.5 Å². The van der Waals surface area contributed by atoms with Crippen LogP contribution in [-0.4, -0.2) is 44.3 Å². The normalized spacial score (nSPS) is 14.5. The molecule has 0 amide bonds. The van der Waals surface area contributed by atoms with Gasteiger partial charge in [0, 0.05) is 12.6 Å². The number of phenolic OH excluding ortho intramolecular Hbond substituents is 1. The molecule has 0 spiro atoms. The quantitative estimate of drug-likeness (QED) is 0.327. The van der Waals surface area contributed by atoms with E-state index >= 15 is 0 Å². The summed E-state index contributed by atoms with van der Waals surface area (Å²) < 4.78 is 36.3. The van der Waals surface area contributed by atoms with Gasteiger partial charge in [-0.3, -0.25) is 4.72 Å². The maximum absolute atomic E-state index is 11.5. The topological polar surface area (TPSA) is 117 Å². The molecule has 9 heteroatoms. The van der Waals surface area contributed by atoms with E-state index in [1.165, 1.54) is 12.1 Å². The van der Waals surface area contributed by atoms with Crippen molar-refractivity contribution in [1.82, 2.24) is 5.32 Å². The summed E-state index contributed by atoms with van der Waals surface area (Å²) in [5.74, 6) is 1.24. The van der Waals surface area contributed by atoms with Crippen LogP contribution in [-0.2, 0) is 22.9 Å². The second kappa shape index (κ2) is 10.3. The molecule has 180 valence electrons. The predicted octanol–water partition coefficient (Wildman–Crippen LogP) is 2.97. The second-order valence-corrected chi connectivity index (χ2v) is 10.1. The Morgan fingerprint density at radius 2 is 1.71 bits per heavy atom. The van der Waals surface area contributed by atoms with Crippen LogP contribution in [0.2, 0.25) is 0 Å². The van der Waals surface area contributed by atoms with Crippen molar-refractivity contribution in [3.8, 4) is 17.2 Å². The fraction of sp³-hybridized carbons (Fsp3) is 0.280. The van der Waals surface area contributed by atoms with Gasteiger partial charge in [0.05, 0.1) is 18.0 Å². The zero-order valence-electron chi connectivity index (χ0n) is 18.8. The average Bonchev–Trinajstić information content (AvgIpc) is 3.26. The Hall–Kier alpha value is -3.27. The maximum Gasteiger partial charge on any atom is 0.231 e. The number of hydrogen-bond donors (Lipinski definition) is 4. The maximum atomic E-state index is 11.5. The number of aliphatic hydroxyl groups is 1. The van der Waals surface area contributed by atoms with Gasteiger partial charge in [-0.1, -0.05) is 42.5 Å². The molecule has 1 aliphatic heterocycles. The summed E-state index contributed by atoms with van der Waals surface area (Å²) in [4.78, 5) is 0. The SMILES string of the molecule is CS(=O)(=O)Nc1cc(CC(O)CNC(Cc2ccccc2)c2ccc3c(c2)OCO3)ccc1O. The highest BCUT2D eigenvalue weighted by atomic mass is 32.2. The van der Waals surface area contributed by atoms with Gasteiger partial charge in [0.1, 0.15) is 5.75 Å². The third-order valence-corrected chi connectivity index (χ3v) is 6.10. The molecule has 4 rings (SSSR count). The van der Waals surface area contributed by atoms with E-state index in [-0.39, 0.29) is 30.7 Å². The molecule has 3 aromatic carbocycles. The highest BCUT2D eigenvalue weighted by Gasteiger charge is 2.20. The predicted molar refractivity (Wildman–Crippen MR) is 130 cm³/mol. The molecule has 2 unspecified atom stereocenters. The molecule has 1 heterocycles. The zero-order valence-corrected chi connectivity index (χ0v) is 19.6. The summed E-state index contributed by atoms with van der Waals surface area (Å²) >= 11 is 0. The Balaban J connectivity index is 1.45. The van der Waals surface area contributed by atoms with Crippen molar-refractivity contribution in [2.24, 2.45) is 0 Å². The monoisotopic (exact) mass is 484 g/mol. The molecule has 0 saturated heterocycles. The van der Waals surface area contributed by atoms with Gasteiger partial charge in [0.2, 0.25) is 16.8 Å². The van der Waals surface area contributed by atoms with Gasteiger partial charge in [-0.05, 0) is 53.8 Å². The van der Waals surface area contributed by atoms with Crippen LogP contribution in [0, 0.1) is 0 Å². The molecular weight excluding hydrogens is 456 g/mol. The van der Waals surface area contributed by atoms with Gasteiger partial charge in [-0.2, -0.15) is 0 Å². The molecular formula is C25H28N2O6S. The van der Waals surface area contributed by atoms with E-state index in [1.54, 1.807) is 6.07 Å². The van der Waals surface area contributed by atoms with Crippen molar-refractivity contribution >= 4 is 15.7 Å². The highest BCUT2D eigenvalue weighted by molar-refractivity contribution is 7.92. The molecule has 34 heavy (non-hydrogen) atoms. The number of hydrogen-bond acceptors (Lipinski definition) is 7. The van der Waals surface area contributed by atoms with Gasteiger partial charge in [-0.15, -0.1) is 0 Å². The summed E-state index contributed by atoms with van der Waals surface area (Å²) in [7, 11) is -3.54. The minimum Gasteiger partial charge on any atom is -0.506 e. The molecule has 4 N–H and O–H groups in total. The standard InChI is InChI=1S/C25H28N2O6S/c1-34(30,31)27-22-13-18(7-9-23(22)29)11-20(28)15-26-21(12-17-5-3-2-4-6-17)19-8-10-24-25(14-19)33-16-32-24/h2-10,13-14,20-21,26-29H,11-12,15-16H2,1H3. The van der Waals surface area contributed by atoms with E-state index in [2.05, 4.69) is 22.2 Å². The summed E-state index contributed by atoms with van der Waals surface area (Å²) in [6.45, 7) is 0.513. The number of benzene rings is 3. The van der Waals surface area contributed by atoms with Gasteiger partial charge in [0.25, 0.3) is 0 Å². The number of nitrogens with one attached hydrogen (secondary N) is 2. The van der Waals surface area contributed by atoms with Crippen LogP contribution in [0.15, 0.2) is 66.7 Å². The van der Waals surface area contributed by atoms with Crippen LogP contribution in [0.3, 0.4) is 0 Å². The van der Waals surface area contributed by atoms with Crippen molar-refractivity contribution in [1.29, 1.82) is 0 Å². The van der Waals surface area contributed by atoms with Crippen molar-refractivity contribution in [2.45, 2.75) is 25.0 Å². The third kappa shape index (κ3) is 6.40. The highest BCUT2D eigenvalue weighted by Crippen LogP contribution is 2.35. The minimum atomic E-state index is -3.54. The Kier molecular flexibility index (Phi) is 7.26. The minimum absolute atomic E-state index is 0.0752. The largest absolute Gasteiger partial charge is 0.506 e. The van der Waals surface area contributed by atoms with Crippen molar-refractivity contribution in [3.63, 3.8) is 0 Å². The van der Waals surface area contributed by atoms with E-state index < -0.39 is 16.1 Å². The Labute approximate surface area is 199 Å². The molecule has 8 nitrogen and oxygen atoms in total. The van der Waals surface area contributed by atoms with E-state index in [0.29, 0.717) is 23.6 Å². The number of anilines is 1. The molecule has 1 aliphatic rings. The summed E-state index contributed by atoms with van der Waals surface area (Å²) in [5, 5.41) is 24.1. The zero-order chi connectivity index (χ0) is 24.1. The molecule has 0 fully saturated rings. The van der Waals surface area contributed by atoms with Crippen molar-refractivity contribution < 1.29 is 28.1 Å². The molecule has 0 bridgehead atoms.